The number of rotatable bonds is 4. The lowest BCUT2D eigenvalue weighted by atomic mass is 9.84. The van der Waals surface area contributed by atoms with Crippen molar-refractivity contribution in [3.63, 3.8) is 0 Å². The molecule has 0 aromatic heterocycles. The number of likely N-dealkylation sites (N-methyl/N-ethyl adjacent to an activating group) is 1. The molecule has 1 atom stereocenters. The molecule has 6 nitrogen and oxygen atoms in total. The summed E-state index contributed by atoms with van der Waals surface area (Å²) in [7, 11) is 2.03. The van der Waals surface area contributed by atoms with E-state index in [9.17, 15) is 9.59 Å². The highest BCUT2D eigenvalue weighted by Gasteiger charge is 2.27. The van der Waals surface area contributed by atoms with E-state index >= 15 is 0 Å². The summed E-state index contributed by atoms with van der Waals surface area (Å²) in [5.41, 5.74) is 3.73. The normalized spacial score (nSPS) is 16.5. The van der Waals surface area contributed by atoms with Crippen molar-refractivity contribution in [2.75, 3.05) is 25.5 Å². The number of urea groups is 1. The van der Waals surface area contributed by atoms with Gasteiger partial charge in [-0.1, -0.05) is 35.3 Å². The molecule has 1 unspecified atom stereocenters. The number of nitrogens with one attached hydrogen (secondary N) is 2. The Labute approximate surface area is 167 Å². The molecule has 1 heterocycles. The molecular weight excluding hydrogens is 389 g/mol. The number of carboxylic acid groups (broad SMARTS) is 1. The Morgan fingerprint density at radius 3 is 2.78 bits per heavy atom. The molecule has 3 rings (SSSR count). The molecule has 0 bridgehead atoms. The quantitative estimate of drug-likeness (QED) is 0.720. The number of nitrogens with zero attached hydrogens (tertiary/aromatic N) is 1. The molecule has 2 amide bonds. The monoisotopic (exact) mass is 407 g/mol. The highest BCUT2D eigenvalue weighted by Crippen LogP contribution is 2.38. The molecule has 0 fully saturated rings. The fourth-order valence-corrected chi connectivity index (χ4v) is 3.86. The van der Waals surface area contributed by atoms with Crippen LogP contribution in [0.4, 0.5) is 10.5 Å². The summed E-state index contributed by atoms with van der Waals surface area (Å²) in [5, 5.41) is 14.8. The van der Waals surface area contributed by atoms with Crippen molar-refractivity contribution in [3.05, 3.63) is 63.1 Å². The molecule has 1 aliphatic rings. The predicted octanol–water partition coefficient (Wildman–Crippen LogP) is 3.78. The van der Waals surface area contributed by atoms with Gasteiger partial charge in [-0.25, -0.2) is 4.79 Å². The highest BCUT2D eigenvalue weighted by molar-refractivity contribution is 6.35. The van der Waals surface area contributed by atoms with Crippen molar-refractivity contribution >= 4 is 40.9 Å². The largest absolute Gasteiger partial charge is 0.480 e. The summed E-state index contributed by atoms with van der Waals surface area (Å²) >= 11 is 12.6. The molecule has 0 aliphatic carbocycles. The maximum Gasteiger partial charge on any atom is 0.323 e. The zero-order valence-corrected chi connectivity index (χ0v) is 16.1. The van der Waals surface area contributed by atoms with E-state index in [-0.39, 0.29) is 5.92 Å². The topological polar surface area (TPSA) is 81.7 Å². The average Bonchev–Trinajstić information content (AvgIpc) is 2.60. The first kappa shape index (κ1) is 19.5. The number of carbonyl (C=O) groups excluding carboxylic acids is 1. The van der Waals surface area contributed by atoms with Crippen molar-refractivity contribution in [1.29, 1.82) is 0 Å². The number of amides is 2. The zero-order chi connectivity index (χ0) is 19.6. The van der Waals surface area contributed by atoms with Gasteiger partial charge in [-0.15, -0.1) is 0 Å². The third kappa shape index (κ3) is 4.71. The molecule has 0 saturated carbocycles. The summed E-state index contributed by atoms with van der Waals surface area (Å²) in [6.07, 6.45) is 0. The van der Waals surface area contributed by atoms with Gasteiger partial charge in [0.15, 0.2) is 0 Å². The lowest BCUT2D eigenvalue weighted by Gasteiger charge is -2.33. The minimum Gasteiger partial charge on any atom is -0.480 e. The number of hydrogen-bond donors (Lipinski definition) is 3. The van der Waals surface area contributed by atoms with Gasteiger partial charge in [-0.05, 0) is 48.0 Å². The standard InChI is InChI=1S/C19H19Cl2N3O3/c1-24-9-15(14-6-12(20)7-17(21)16(14)10-24)11-3-2-4-13(5-11)23-19(27)22-8-18(25)26/h2-7,15H,8-10H2,1H3,(H,25,26)(H2,22,23,27). The number of hydrogen-bond acceptors (Lipinski definition) is 3. The second kappa shape index (κ2) is 8.17. The summed E-state index contributed by atoms with van der Waals surface area (Å²) in [6.45, 7) is 1.10. The molecule has 0 spiro atoms. The Bertz CT molecular complexity index is 888. The molecule has 8 heteroatoms. The van der Waals surface area contributed by atoms with Gasteiger partial charge in [0.1, 0.15) is 6.54 Å². The SMILES string of the molecule is CN1Cc2c(Cl)cc(Cl)cc2C(c2cccc(NC(=O)NCC(=O)O)c2)C1. The van der Waals surface area contributed by atoms with Crippen molar-refractivity contribution in [3.8, 4) is 0 Å². The van der Waals surface area contributed by atoms with Gasteiger partial charge >= 0.3 is 12.0 Å². The predicted molar refractivity (Wildman–Crippen MR) is 106 cm³/mol. The van der Waals surface area contributed by atoms with E-state index in [0.29, 0.717) is 15.7 Å². The second-order valence-corrected chi connectivity index (χ2v) is 7.38. The van der Waals surface area contributed by atoms with E-state index in [1.807, 2.05) is 31.3 Å². The van der Waals surface area contributed by atoms with Crippen LogP contribution < -0.4 is 10.6 Å². The number of carbonyl (C=O) groups is 2. The fraction of sp³-hybridized carbons (Fsp3) is 0.263. The van der Waals surface area contributed by atoms with Crippen LogP contribution in [0.1, 0.15) is 22.6 Å². The molecule has 1 aliphatic heterocycles. The number of fused-ring (bicyclic) bond motifs is 1. The minimum atomic E-state index is -1.10. The van der Waals surface area contributed by atoms with Crippen LogP contribution >= 0.6 is 23.2 Å². The van der Waals surface area contributed by atoms with Crippen LogP contribution in [0.15, 0.2) is 36.4 Å². The van der Waals surface area contributed by atoms with Crippen LogP contribution in [0.25, 0.3) is 0 Å². The zero-order valence-electron chi connectivity index (χ0n) is 14.6. The maximum atomic E-state index is 11.8. The average molecular weight is 408 g/mol. The summed E-state index contributed by atoms with van der Waals surface area (Å²) in [4.78, 5) is 24.6. The Balaban J connectivity index is 1.87. The first-order valence-electron chi connectivity index (χ1n) is 8.36. The first-order valence-corrected chi connectivity index (χ1v) is 9.12. The van der Waals surface area contributed by atoms with E-state index in [1.54, 1.807) is 12.1 Å². The fourth-order valence-electron chi connectivity index (χ4n) is 3.29. The van der Waals surface area contributed by atoms with Gasteiger partial charge in [0.25, 0.3) is 0 Å². The number of carboxylic acids is 1. The van der Waals surface area contributed by atoms with Crippen LogP contribution in [-0.4, -0.2) is 42.1 Å². The van der Waals surface area contributed by atoms with Crippen LogP contribution in [0.2, 0.25) is 10.0 Å². The van der Waals surface area contributed by atoms with Crippen molar-refractivity contribution in [1.82, 2.24) is 10.2 Å². The van der Waals surface area contributed by atoms with E-state index in [2.05, 4.69) is 15.5 Å². The third-order valence-electron chi connectivity index (χ3n) is 4.44. The first-order chi connectivity index (χ1) is 12.8. The van der Waals surface area contributed by atoms with Gasteiger partial charge in [0.2, 0.25) is 0 Å². The Hall–Kier alpha value is -2.28. The lowest BCUT2D eigenvalue weighted by molar-refractivity contribution is -0.135. The van der Waals surface area contributed by atoms with Gasteiger partial charge in [0.05, 0.1) is 0 Å². The Morgan fingerprint density at radius 2 is 2.04 bits per heavy atom. The van der Waals surface area contributed by atoms with E-state index in [0.717, 1.165) is 29.8 Å². The number of benzene rings is 2. The van der Waals surface area contributed by atoms with Crippen LogP contribution in [0.3, 0.4) is 0 Å². The maximum absolute atomic E-state index is 11.8. The molecule has 0 radical (unpaired) electrons. The third-order valence-corrected chi connectivity index (χ3v) is 4.99. The molecule has 2 aromatic rings. The van der Waals surface area contributed by atoms with E-state index in [4.69, 9.17) is 28.3 Å². The van der Waals surface area contributed by atoms with Gasteiger partial charge in [0, 0.05) is 34.7 Å². The van der Waals surface area contributed by atoms with Crippen molar-refractivity contribution in [2.45, 2.75) is 12.5 Å². The van der Waals surface area contributed by atoms with Crippen LogP contribution in [0.5, 0.6) is 0 Å². The van der Waals surface area contributed by atoms with Gasteiger partial charge in [-0.3, -0.25) is 4.79 Å². The molecule has 2 aromatic carbocycles. The Kier molecular flexibility index (Phi) is 5.89. The van der Waals surface area contributed by atoms with Crippen molar-refractivity contribution < 1.29 is 14.7 Å². The molecule has 0 saturated heterocycles. The number of anilines is 1. The minimum absolute atomic E-state index is 0.0544. The van der Waals surface area contributed by atoms with Gasteiger partial charge < -0.3 is 20.6 Å². The Morgan fingerprint density at radius 1 is 1.26 bits per heavy atom. The lowest BCUT2D eigenvalue weighted by Crippen LogP contribution is -2.33. The summed E-state index contributed by atoms with van der Waals surface area (Å²) < 4.78 is 0. The summed E-state index contributed by atoms with van der Waals surface area (Å²) in [6, 6.07) is 10.6. The highest BCUT2D eigenvalue weighted by atomic mass is 35.5. The van der Waals surface area contributed by atoms with E-state index in [1.165, 1.54) is 0 Å². The van der Waals surface area contributed by atoms with Crippen LogP contribution in [-0.2, 0) is 11.3 Å². The number of halogens is 2. The molecular formula is C19H19Cl2N3O3. The van der Waals surface area contributed by atoms with Crippen molar-refractivity contribution in [2.24, 2.45) is 0 Å². The molecule has 142 valence electrons. The smallest absolute Gasteiger partial charge is 0.323 e. The van der Waals surface area contributed by atoms with Crippen LogP contribution in [0, 0.1) is 0 Å². The number of aliphatic carboxylic acids is 1. The van der Waals surface area contributed by atoms with Gasteiger partial charge in [-0.2, -0.15) is 0 Å². The molecule has 27 heavy (non-hydrogen) atoms. The molecule has 3 N–H and O–H groups in total. The summed E-state index contributed by atoms with van der Waals surface area (Å²) in [5.74, 6) is -1.05. The second-order valence-electron chi connectivity index (χ2n) is 6.53. The van der Waals surface area contributed by atoms with E-state index < -0.39 is 18.5 Å².